The maximum atomic E-state index is 11.4. The standard InChI is InChI=1S/C10H10ClN5O/c1-12-9-4-13-8(3-14-9)6-16-5-7(11)2-15-10(16)17/h2-5H,6H2,1H3,(H,12,14). The first-order valence-corrected chi connectivity index (χ1v) is 5.27. The average molecular weight is 252 g/mol. The molecule has 0 aliphatic carbocycles. The molecule has 17 heavy (non-hydrogen) atoms. The fourth-order valence-corrected chi connectivity index (χ4v) is 1.45. The largest absolute Gasteiger partial charge is 0.372 e. The summed E-state index contributed by atoms with van der Waals surface area (Å²) < 4.78 is 1.38. The Hall–Kier alpha value is -1.95. The molecule has 0 fully saturated rings. The van der Waals surface area contributed by atoms with Crippen LogP contribution in [0.25, 0.3) is 0 Å². The highest BCUT2D eigenvalue weighted by molar-refractivity contribution is 6.30. The van der Waals surface area contributed by atoms with E-state index in [9.17, 15) is 4.79 Å². The van der Waals surface area contributed by atoms with Gasteiger partial charge >= 0.3 is 5.69 Å². The molecule has 2 aromatic rings. The van der Waals surface area contributed by atoms with E-state index < -0.39 is 0 Å². The molecule has 88 valence electrons. The predicted octanol–water partition coefficient (Wildman–Crippen LogP) is 0.777. The van der Waals surface area contributed by atoms with Crippen LogP contribution < -0.4 is 11.0 Å². The lowest BCUT2D eigenvalue weighted by molar-refractivity contribution is 0.707. The van der Waals surface area contributed by atoms with Crippen LogP contribution >= 0.6 is 11.6 Å². The highest BCUT2D eigenvalue weighted by Crippen LogP contribution is 2.04. The third kappa shape index (κ3) is 2.79. The van der Waals surface area contributed by atoms with Crippen LogP contribution in [0.15, 0.2) is 29.6 Å². The molecule has 1 N–H and O–H groups in total. The van der Waals surface area contributed by atoms with Crippen LogP contribution in [0, 0.1) is 0 Å². The van der Waals surface area contributed by atoms with Crippen LogP contribution in [0.5, 0.6) is 0 Å². The van der Waals surface area contributed by atoms with Gasteiger partial charge in [-0.2, -0.15) is 0 Å². The number of hydrogen-bond donors (Lipinski definition) is 1. The van der Waals surface area contributed by atoms with E-state index in [1.807, 2.05) is 0 Å². The molecule has 6 nitrogen and oxygen atoms in total. The summed E-state index contributed by atoms with van der Waals surface area (Å²) in [5, 5.41) is 3.27. The van der Waals surface area contributed by atoms with Gasteiger partial charge in [0.2, 0.25) is 0 Å². The fourth-order valence-electron chi connectivity index (χ4n) is 1.28. The van der Waals surface area contributed by atoms with Gasteiger partial charge in [-0.3, -0.25) is 9.55 Å². The van der Waals surface area contributed by atoms with Crippen LogP contribution in [0.1, 0.15) is 5.69 Å². The van der Waals surface area contributed by atoms with Crippen LogP contribution in [-0.2, 0) is 6.54 Å². The number of rotatable bonds is 3. The monoisotopic (exact) mass is 251 g/mol. The van der Waals surface area contributed by atoms with Gasteiger partial charge in [0.1, 0.15) is 5.82 Å². The minimum atomic E-state index is -0.367. The highest BCUT2D eigenvalue weighted by atomic mass is 35.5. The average Bonchev–Trinajstić information content (AvgIpc) is 2.35. The molecule has 0 aliphatic heterocycles. The minimum Gasteiger partial charge on any atom is -0.372 e. The Balaban J connectivity index is 2.25. The van der Waals surface area contributed by atoms with Gasteiger partial charge in [-0.25, -0.2) is 14.8 Å². The molecule has 0 aliphatic rings. The van der Waals surface area contributed by atoms with Crippen molar-refractivity contribution in [3.63, 3.8) is 0 Å². The quantitative estimate of drug-likeness (QED) is 0.873. The lowest BCUT2D eigenvalue weighted by Crippen LogP contribution is -2.22. The van der Waals surface area contributed by atoms with Gasteiger partial charge in [0.15, 0.2) is 0 Å². The lowest BCUT2D eigenvalue weighted by Gasteiger charge is -2.05. The van der Waals surface area contributed by atoms with Gasteiger partial charge in [-0.05, 0) is 0 Å². The summed E-state index contributed by atoms with van der Waals surface area (Å²) >= 11 is 5.76. The van der Waals surface area contributed by atoms with Crippen LogP contribution in [0.2, 0.25) is 5.02 Å². The molecule has 2 heterocycles. The van der Waals surface area contributed by atoms with E-state index in [0.29, 0.717) is 23.1 Å². The molecular formula is C10H10ClN5O. The number of halogens is 1. The van der Waals surface area contributed by atoms with Gasteiger partial charge in [0.25, 0.3) is 0 Å². The molecule has 2 rings (SSSR count). The van der Waals surface area contributed by atoms with Gasteiger partial charge in [-0.1, -0.05) is 11.6 Å². The van der Waals surface area contributed by atoms with Crippen LogP contribution in [0.4, 0.5) is 5.82 Å². The molecule has 2 aromatic heterocycles. The second-order valence-electron chi connectivity index (χ2n) is 3.33. The molecule has 0 amide bonds. The maximum Gasteiger partial charge on any atom is 0.347 e. The fraction of sp³-hybridized carbons (Fsp3) is 0.200. The van der Waals surface area contributed by atoms with E-state index in [0.717, 1.165) is 0 Å². The molecule has 0 aromatic carbocycles. The zero-order chi connectivity index (χ0) is 12.3. The predicted molar refractivity (Wildman–Crippen MR) is 64.2 cm³/mol. The van der Waals surface area contributed by atoms with E-state index in [1.165, 1.54) is 17.0 Å². The van der Waals surface area contributed by atoms with E-state index in [-0.39, 0.29) is 5.69 Å². The highest BCUT2D eigenvalue weighted by Gasteiger charge is 2.02. The molecule has 0 bridgehead atoms. The smallest absolute Gasteiger partial charge is 0.347 e. The molecule has 0 atom stereocenters. The third-order valence-corrected chi connectivity index (χ3v) is 2.31. The van der Waals surface area contributed by atoms with Crippen molar-refractivity contribution in [3.8, 4) is 0 Å². The summed E-state index contributed by atoms with van der Waals surface area (Å²) in [6.45, 7) is 0.295. The van der Waals surface area contributed by atoms with Crippen molar-refractivity contribution in [1.82, 2.24) is 19.5 Å². The first kappa shape index (κ1) is 11.5. The Labute approximate surface area is 102 Å². The van der Waals surface area contributed by atoms with Crippen LogP contribution in [-0.4, -0.2) is 26.6 Å². The molecule has 0 saturated carbocycles. The number of hydrogen-bond acceptors (Lipinski definition) is 5. The molecular weight excluding hydrogens is 242 g/mol. The lowest BCUT2D eigenvalue weighted by atomic mass is 10.4. The maximum absolute atomic E-state index is 11.4. The molecule has 7 heteroatoms. The van der Waals surface area contributed by atoms with Crippen LogP contribution in [0.3, 0.4) is 0 Å². The molecule has 0 radical (unpaired) electrons. The van der Waals surface area contributed by atoms with Crippen molar-refractivity contribution in [2.24, 2.45) is 0 Å². The minimum absolute atomic E-state index is 0.295. The number of nitrogens with one attached hydrogen (secondary N) is 1. The van der Waals surface area contributed by atoms with Crippen molar-refractivity contribution in [1.29, 1.82) is 0 Å². The second-order valence-corrected chi connectivity index (χ2v) is 3.76. The number of nitrogens with zero attached hydrogens (tertiary/aromatic N) is 4. The van der Waals surface area contributed by atoms with E-state index in [1.54, 1.807) is 19.4 Å². The summed E-state index contributed by atoms with van der Waals surface area (Å²) in [6, 6.07) is 0. The van der Waals surface area contributed by atoms with Crippen molar-refractivity contribution in [2.75, 3.05) is 12.4 Å². The summed E-state index contributed by atoms with van der Waals surface area (Å²) in [7, 11) is 1.76. The SMILES string of the molecule is CNc1cnc(Cn2cc(Cl)cnc2=O)cn1. The third-order valence-electron chi connectivity index (χ3n) is 2.12. The van der Waals surface area contributed by atoms with Crippen molar-refractivity contribution in [2.45, 2.75) is 6.54 Å². The summed E-state index contributed by atoms with van der Waals surface area (Å²) in [6.07, 6.45) is 6.03. The molecule has 0 saturated heterocycles. The Morgan fingerprint density at radius 3 is 2.76 bits per heavy atom. The van der Waals surface area contributed by atoms with Crippen molar-refractivity contribution < 1.29 is 0 Å². The summed E-state index contributed by atoms with van der Waals surface area (Å²) in [4.78, 5) is 23.3. The zero-order valence-electron chi connectivity index (χ0n) is 9.09. The Bertz CT molecular complexity index is 566. The topological polar surface area (TPSA) is 72.7 Å². The van der Waals surface area contributed by atoms with Gasteiger partial charge in [0.05, 0.1) is 35.9 Å². The van der Waals surface area contributed by atoms with Crippen molar-refractivity contribution in [3.05, 3.63) is 46.0 Å². The summed E-state index contributed by atoms with van der Waals surface area (Å²) in [5.74, 6) is 0.672. The Morgan fingerprint density at radius 2 is 2.12 bits per heavy atom. The Morgan fingerprint density at radius 1 is 1.29 bits per heavy atom. The molecule has 0 unspecified atom stereocenters. The van der Waals surface area contributed by atoms with Gasteiger partial charge in [-0.15, -0.1) is 0 Å². The first-order chi connectivity index (χ1) is 8.19. The first-order valence-electron chi connectivity index (χ1n) is 4.89. The van der Waals surface area contributed by atoms with E-state index in [4.69, 9.17) is 11.6 Å². The second kappa shape index (κ2) is 4.92. The zero-order valence-corrected chi connectivity index (χ0v) is 9.85. The number of anilines is 1. The molecule has 0 spiro atoms. The summed E-state index contributed by atoms with van der Waals surface area (Å²) in [5.41, 5.74) is 0.295. The van der Waals surface area contributed by atoms with E-state index in [2.05, 4.69) is 20.3 Å². The Kier molecular flexibility index (Phi) is 3.34. The van der Waals surface area contributed by atoms with Crippen molar-refractivity contribution >= 4 is 17.4 Å². The number of aromatic nitrogens is 4. The normalized spacial score (nSPS) is 10.2. The van der Waals surface area contributed by atoms with E-state index >= 15 is 0 Å². The van der Waals surface area contributed by atoms with Gasteiger partial charge < -0.3 is 5.32 Å². The van der Waals surface area contributed by atoms with Gasteiger partial charge in [0, 0.05) is 13.2 Å².